The van der Waals surface area contributed by atoms with Gasteiger partial charge in [-0.25, -0.2) is 0 Å². The zero-order chi connectivity index (χ0) is 11.4. The largest absolute Gasteiger partial charge is 0.336 e. The molecule has 1 N–H and O–H groups in total. The van der Waals surface area contributed by atoms with E-state index in [4.69, 9.17) is 6.42 Å². The highest BCUT2D eigenvalue weighted by Crippen LogP contribution is 2.06. The number of aromatic nitrogens is 2. The van der Waals surface area contributed by atoms with Crippen LogP contribution in [0.3, 0.4) is 0 Å². The highest BCUT2D eigenvalue weighted by atomic mass is 16.2. The summed E-state index contributed by atoms with van der Waals surface area (Å²) in [5.74, 6) is 2.65. The Bertz CT molecular complexity index is 385. The van der Waals surface area contributed by atoms with Crippen molar-refractivity contribution in [2.24, 2.45) is 0 Å². The third kappa shape index (κ3) is 2.23. The smallest absolute Gasteiger partial charge is 0.257 e. The number of hydrogen-bond acceptors (Lipinski definition) is 3. The summed E-state index contributed by atoms with van der Waals surface area (Å²) >= 11 is 0. The molecule has 5 nitrogen and oxygen atoms in total. The number of piperazine rings is 1. The Morgan fingerprint density at radius 2 is 2.25 bits per heavy atom. The molecule has 0 aliphatic carbocycles. The van der Waals surface area contributed by atoms with Gasteiger partial charge in [-0.15, -0.1) is 6.42 Å². The van der Waals surface area contributed by atoms with Crippen molar-refractivity contribution >= 4 is 5.91 Å². The molecular formula is C11H14N4O. The number of carbonyl (C=O) groups is 1. The molecule has 0 saturated carbocycles. The Labute approximate surface area is 94.4 Å². The fraction of sp³-hybridized carbons (Fsp3) is 0.455. The van der Waals surface area contributed by atoms with Gasteiger partial charge in [-0.1, -0.05) is 5.92 Å². The summed E-state index contributed by atoms with van der Waals surface area (Å²) in [6.45, 7) is 3.80. The van der Waals surface area contributed by atoms with Crippen LogP contribution in [0.25, 0.3) is 0 Å². The molecule has 2 heterocycles. The third-order valence-corrected chi connectivity index (χ3v) is 2.72. The molecule has 1 aromatic heterocycles. The Morgan fingerprint density at radius 1 is 1.50 bits per heavy atom. The molecule has 1 fully saturated rings. The van der Waals surface area contributed by atoms with Gasteiger partial charge in [0.25, 0.3) is 5.91 Å². The Balaban J connectivity index is 1.90. The summed E-state index contributed by atoms with van der Waals surface area (Å²) in [5.41, 5.74) is 0.616. The molecule has 0 spiro atoms. The summed E-state index contributed by atoms with van der Waals surface area (Å²) in [5, 5.41) is 6.42. The van der Waals surface area contributed by atoms with Crippen LogP contribution in [0.5, 0.6) is 0 Å². The minimum Gasteiger partial charge on any atom is -0.336 e. The number of H-pyrrole nitrogens is 1. The predicted octanol–water partition coefficient (Wildman–Crippen LogP) is -0.199. The maximum absolute atomic E-state index is 11.9. The van der Waals surface area contributed by atoms with E-state index in [1.165, 1.54) is 0 Å². The van der Waals surface area contributed by atoms with E-state index in [2.05, 4.69) is 21.0 Å². The highest BCUT2D eigenvalue weighted by Gasteiger charge is 2.21. The molecule has 0 aromatic carbocycles. The summed E-state index contributed by atoms with van der Waals surface area (Å²) in [7, 11) is 0. The van der Waals surface area contributed by atoms with Gasteiger partial charge in [0.1, 0.15) is 0 Å². The van der Waals surface area contributed by atoms with E-state index in [-0.39, 0.29) is 5.91 Å². The lowest BCUT2D eigenvalue weighted by Crippen LogP contribution is -2.48. The molecule has 0 radical (unpaired) electrons. The topological polar surface area (TPSA) is 52.2 Å². The fourth-order valence-corrected chi connectivity index (χ4v) is 1.79. The average Bonchev–Trinajstić information content (AvgIpc) is 2.83. The fourth-order valence-electron chi connectivity index (χ4n) is 1.79. The standard InChI is InChI=1S/C11H14N4O/c1-2-3-14-4-6-15(7-5-14)11(16)10-8-12-13-9-10/h1,8-9H,3-7H2,(H,12,13). The molecule has 2 rings (SSSR count). The maximum Gasteiger partial charge on any atom is 0.257 e. The van der Waals surface area contributed by atoms with Crippen molar-refractivity contribution < 1.29 is 4.79 Å². The maximum atomic E-state index is 11.9. The van der Waals surface area contributed by atoms with E-state index in [0.29, 0.717) is 12.1 Å². The van der Waals surface area contributed by atoms with Gasteiger partial charge in [-0.3, -0.25) is 14.8 Å². The second-order valence-electron chi connectivity index (χ2n) is 3.76. The van der Waals surface area contributed by atoms with Crippen LogP contribution >= 0.6 is 0 Å². The first kappa shape index (κ1) is 10.7. The van der Waals surface area contributed by atoms with Crippen molar-refractivity contribution in [3.8, 4) is 12.3 Å². The molecule has 5 heteroatoms. The van der Waals surface area contributed by atoms with Crippen molar-refractivity contribution in [3.05, 3.63) is 18.0 Å². The van der Waals surface area contributed by atoms with Gasteiger partial charge >= 0.3 is 0 Å². The third-order valence-electron chi connectivity index (χ3n) is 2.72. The van der Waals surface area contributed by atoms with Gasteiger partial charge in [0.2, 0.25) is 0 Å². The quantitative estimate of drug-likeness (QED) is 0.699. The van der Waals surface area contributed by atoms with E-state index in [0.717, 1.165) is 26.2 Å². The Morgan fingerprint density at radius 3 is 2.81 bits per heavy atom. The molecule has 1 saturated heterocycles. The minimum atomic E-state index is 0.0362. The number of rotatable bonds is 2. The van der Waals surface area contributed by atoms with E-state index < -0.39 is 0 Å². The van der Waals surface area contributed by atoms with Gasteiger partial charge in [0, 0.05) is 32.4 Å². The predicted molar refractivity (Wildman–Crippen MR) is 59.8 cm³/mol. The van der Waals surface area contributed by atoms with Crippen molar-refractivity contribution in [1.29, 1.82) is 0 Å². The molecule has 84 valence electrons. The van der Waals surface area contributed by atoms with Crippen LogP contribution in [0.2, 0.25) is 0 Å². The molecule has 0 bridgehead atoms. The second-order valence-corrected chi connectivity index (χ2v) is 3.76. The molecule has 1 aliphatic heterocycles. The first-order chi connectivity index (χ1) is 7.81. The number of hydrogen-bond donors (Lipinski definition) is 1. The SMILES string of the molecule is C#CCN1CCN(C(=O)c2cn[nH]c2)CC1. The molecule has 0 unspecified atom stereocenters. The lowest BCUT2D eigenvalue weighted by atomic mass is 10.2. The van der Waals surface area contributed by atoms with Crippen molar-refractivity contribution in [1.82, 2.24) is 20.0 Å². The van der Waals surface area contributed by atoms with Crippen LogP contribution in [0.15, 0.2) is 12.4 Å². The first-order valence-corrected chi connectivity index (χ1v) is 5.25. The first-order valence-electron chi connectivity index (χ1n) is 5.25. The Kier molecular flexibility index (Phi) is 3.22. The number of nitrogens with zero attached hydrogens (tertiary/aromatic N) is 3. The zero-order valence-electron chi connectivity index (χ0n) is 9.02. The van der Waals surface area contributed by atoms with Crippen LogP contribution in [-0.2, 0) is 0 Å². The van der Waals surface area contributed by atoms with Gasteiger partial charge in [-0.2, -0.15) is 5.10 Å². The normalized spacial score (nSPS) is 17.1. The molecule has 0 atom stereocenters. The van der Waals surface area contributed by atoms with Crippen molar-refractivity contribution in [2.45, 2.75) is 0 Å². The molecular weight excluding hydrogens is 204 g/mol. The van der Waals surface area contributed by atoms with Crippen molar-refractivity contribution in [2.75, 3.05) is 32.7 Å². The van der Waals surface area contributed by atoms with Gasteiger partial charge in [-0.05, 0) is 0 Å². The number of amides is 1. The minimum absolute atomic E-state index is 0.0362. The lowest BCUT2D eigenvalue weighted by molar-refractivity contribution is 0.0652. The molecule has 1 amide bonds. The number of nitrogens with one attached hydrogen (secondary N) is 1. The van der Waals surface area contributed by atoms with Crippen LogP contribution in [0.1, 0.15) is 10.4 Å². The van der Waals surface area contributed by atoms with Gasteiger partial charge in [0.05, 0.1) is 18.3 Å². The van der Waals surface area contributed by atoms with Crippen LogP contribution in [-0.4, -0.2) is 58.6 Å². The van der Waals surface area contributed by atoms with E-state index in [9.17, 15) is 4.79 Å². The number of carbonyl (C=O) groups excluding carboxylic acids is 1. The van der Waals surface area contributed by atoms with Gasteiger partial charge in [0.15, 0.2) is 0 Å². The molecule has 16 heavy (non-hydrogen) atoms. The van der Waals surface area contributed by atoms with Crippen LogP contribution < -0.4 is 0 Å². The van der Waals surface area contributed by atoms with E-state index >= 15 is 0 Å². The average molecular weight is 218 g/mol. The van der Waals surface area contributed by atoms with Crippen LogP contribution in [0, 0.1) is 12.3 Å². The number of terminal acetylenes is 1. The lowest BCUT2D eigenvalue weighted by Gasteiger charge is -2.33. The van der Waals surface area contributed by atoms with Crippen molar-refractivity contribution in [3.63, 3.8) is 0 Å². The van der Waals surface area contributed by atoms with E-state index in [1.54, 1.807) is 12.4 Å². The monoisotopic (exact) mass is 218 g/mol. The summed E-state index contributed by atoms with van der Waals surface area (Å²) in [4.78, 5) is 15.9. The van der Waals surface area contributed by atoms with E-state index in [1.807, 2.05) is 4.90 Å². The highest BCUT2D eigenvalue weighted by molar-refractivity contribution is 5.93. The summed E-state index contributed by atoms with van der Waals surface area (Å²) < 4.78 is 0. The second kappa shape index (κ2) is 4.81. The summed E-state index contributed by atoms with van der Waals surface area (Å²) in [6.07, 6.45) is 8.42. The molecule has 1 aromatic rings. The number of aromatic amines is 1. The summed E-state index contributed by atoms with van der Waals surface area (Å²) in [6, 6.07) is 0. The van der Waals surface area contributed by atoms with Gasteiger partial charge < -0.3 is 4.90 Å². The van der Waals surface area contributed by atoms with Crippen LogP contribution in [0.4, 0.5) is 0 Å². The molecule has 1 aliphatic rings. The Hall–Kier alpha value is -1.80. The zero-order valence-corrected chi connectivity index (χ0v) is 9.02.